The van der Waals surface area contributed by atoms with Gasteiger partial charge in [0.1, 0.15) is 11.9 Å². The average molecular weight is 533 g/mol. The molecule has 0 fully saturated rings. The second kappa shape index (κ2) is 8.11. The molecule has 1 unspecified atom stereocenters. The highest BCUT2D eigenvalue weighted by Crippen LogP contribution is 2.49. The maximum absolute atomic E-state index is 13.5. The molecule has 2 aliphatic heterocycles. The van der Waals surface area contributed by atoms with E-state index in [0.29, 0.717) is 56.4 Å². The van der Waals surface area contributed by atoms with Crippen LogP contribution in [0.1, 0.15) is 22.6 Å². The van der Waals surface area contributed by atoms with Gasteiger partial charge in [0.2, 0.25) is 12.7 Å². The molecule has 0 aliphatic carbocycles. The van der Waals surface area contributed by atoms with Crippen LogP contribution in [0, 0.1) is 10.1 Å². The quantitative estimate of drug-likeness (QED) is 0.176. The number of nitro benzene ring substituents is 1. The van der Waals surface area contributed by atoms with Gasteiger partial charge in [0.05, 0.1) is 27.4 Å². The molecular formula is C28H15N5O7. The lowest BCUT2D eigenvalue weighted by atomic mass is 9.84. The van der Waals surface area contributed by atoms with Crippen molar-refractivity contribution in [2.45, 2.75) is 5.92 Å². The van der Waals surface area contributed by atoms with Crippen LogP contribution < -0.4 is 19.8 Å². The van der Waals surface area contributed by atoms with Gasteiger partial charge < -0.3 is 18.6 Å². The highest BCUT2D eigenvalue weighted by Gasteiger charge is 2.37. The monoisotopic (exact) mass is 533 g/mol. The van der Waals surface area contributed by atoms with Crippen LogP contribution in [0.4, 0.5) is 5.69 Å². The zero-order chi connectivity index (χ0) is 27.0. The van der Waals surface area contributed by atoms with Crippen LogP contribution >= 0.6 is 0 Å². The van der Waals surface area contributed by atoms with E-state index in [1.54, 1.807) is 42.5 Å². The number of aromatic nitrogens is 4. The molecule has 6 aromatic rings. The van der Waals surface area contributed by atoms with Crippen LogP contribution in [-0.2, 0) is 0 Å². The van der Waals surface area contributed by atoms with Crippen LogP contribution in [0.25, 0.3) is 28.0 Å². The van der Waals surface area contributed by atoms with Crippen LogP contribution in [0.5, 0.6) is 23.1 Å². The van der Waals surface area contributed by atoms with Crippen molar-refractivity contribution in [2.24, 2.45) is 0 Å². The Balaban J connectivity index is 1.38. The van der Waals surface area contributed by atoms with Gasteiger partial charge in [-0.25, -0.2) is 19.3 Å². The smallest absolute Gasteiger partial charge is 0.344 e. The molecule has 3 aromatic heterocycles. The topological polar surface area (TPSA) is 144 Å². The summed E-state index contributed by atoms with van der Waals surface area (Å²) in [4.78, 5) is 33.7. The lowest BCUT2D eigenvalue weighted by molar-refractivity contribution is -0.384. The number of rotatable bonds is 3. The Morgan fingerprint density at radius 1 is 0.975 bits per heavy atom. The predicted octanol–water partition coefficient (Wildman–Crippen LogP) is 4.82. The van der Waals surface area contributed by atoms with E-state index in [2.05, 4.69) is 10.1 Å². The summed E-state index contributed by atoms with van der Waals surface area (Å²) in [5.41, 5.74) is 2.10. The first kappa shape index (κ1) is 22.2. The van der Waals surface area contributed by atoms with Crippen molar-refractivity contribution in [1.29, 1.82) is 0 Å². The average Bonchev–Trinajstić information content (AvgIpc) is 3.63. The van der Waals surface area contributed by atoms with Gasteiger partial charge in [-0.1, -0.05) is 24.3 Å². The predicted molar refractivity (Wildman–Crippen MR) is 139 cm³/mol. The van der Waals surface area contributed by atoms with Crippen LogP contribution in [-0.4, -0.2) is 31.3 Å². The van der Waals surface area contributed by atoms with Crippen LogP contribution in [0.3, 0.4) is 0 Å². The fraction of sp³-hybridized carbons (Fsp3) is 0.0714. The summed E-state index contributed by atoms with van der Waals surface area (Å²) in [6.45, 7) is 0.139. The zero-order valence-corrected chi connectivity index (χ0v) is 20.3. The number of para-hydroxylation sites is 1. The first-order chi connectivity index (χ1) is 19.5. The molecule has 0 saturated heterocycles. The lowest BCUT2D eigenvalue weighted by Gasteiger charge is -2.27. The summed E-state index contributed by atoms with van der Waals surface area (Å²) < 4.78 is 24.4. The van der Waals surface area contributed by atoms with E-state index in [9.17, 15) is 14.9 Å². The highest BCUT2D eigenvalue weighted by molar-refractivity contribution is 5.87. The molecule has 0 spiro atoms. The maximum atomic E-state index is 13.5. The highest BCUT2D eigenvalue weighted by atomic mass is 16.7. The third-order valence-electron chi connectivity index (χ3n) is 7.03. The third kappa shape index (κ3) is 3.19. The van der Waals surface area contributed by atoms with Gasteiger partial charge in [-0.05, 0) is 35.9 Å². The van der Waals surface area contributed by atoms with Crippen LogP contribution in [0.15, 0.2) is 82.3 Å². The van der Waals surface area contributed by atoms with Gasteiger partial charge in [0.15, 0.2) is 28.7 Å². The number of nitrogens with zero attached hydrogens (tertiary/aromatic N) is 5. The van der Waals surface area contributed by atoms with E-state index in [4.69, 9.17) is 23.6 Å². The number of ether oxygens (including phenoxy) is 3. The molecule has 8 rings (SSSR count). The first-order valence-corrected chi connectivity index (χ1v) is 12.2. The molecule has 194 valence electrons. The SMILES string of the molecule is O=c1oc2ccccc2c2c1C(c1ccc([N+](=O)[O-])cc1)c1c(ncn3nc(-c4ccc5c(c4)OCO5)nc13)O2. The summed E-state index contributed by atoms with van der Waals surface area (Å²) in [5, 5.41) is 16.5. The molecule has 0 bridgehead atoms. The minimum atomic E-state index is -0.759. The van der Waals surface area contributed by atoms with E-state index >= 15 is 0 Å². The number of nitro groups is 1. The van der Waals surface area contributed by atoms with Crippen molar-refractivity contribution in [1.82, 2.24) is 19.6 Å². The molecule has 12 nitrogen and oxygen atoms in total. The molecule has 5 heterocycles. The summed E-state index contributed by atoms with van der Waals surface area (Å²) in [7, 11) is 0. The van der Waals surface area contributed by atoms with Gasteiger partial charge in [0, 0.05) is 17.7 Å². The van der Waals surface area contributed by atoms with E-state index in [0.717, 1.165) is 0 Å². The molecular weight excluding hydrogens is 518 g/mol. The van der Waals surface area contributed by atoms with Crippen molar-refractivity contribution in [3.8, 4) is 34.5 Å². The van der Waals surface area contributed by atoms with Gasteiger partial charge in [0.25, 0.3) is 5.69 Å². The Bertz CT molecular complexity index is 2080. The normalized spacial score (nSPS) is 15.1. The van der Waals surface area contributed by atoms with Gasteiger partial charge in [-0.15, -0.1) is 5.10 Å². The van der Waals surface area contributed by atoms with Crippen molar-refractivity contribution in [2.75, 3.05) is 6.79 Å². The third-order valence-corrected chi connectivity index (χ3v) is 7.03. The molecule has 40 heavy (non-hydrogen) atoms. The van der Waals surface area contributed by atoms with E-state index < -0.39 is 16.5 Å². The van der Waals surface area contributed by atoms with Gasteiger partial charge in [-0.3, -0.25) is 10.1 Å². The van der Waals surface area contributed by atoms with Crippen molar-refractivity contribution >= 4 is 22.3 Å². The molecule has 1 atom stereocenters. The largest absolute Gasteiger partial charge is 0.454 e. The van der Waals surface area contributed by atoms with Gasteiger partial charge in [-0.2, -0.15) is 0 Å². The molecule has 2 aliphatic rings. The Hall–Kier alpha value is -5.78. The lowest BCUT2D eigenvalue weighted by Crippen LogP contribution is -2.22. The number of benzene rings is 3. The second-order valence-electron chi connectivity index (χ2n) is 9.25. The minimum Gasteiger partial charge on any atom is -0.454 e. The Morgan fingerprint density at radius 3 is 2.65 bits per heavy atom. The maximum Gasteiger partial charge on any atom is 0.344 e. The molecule has 3 aromatic carbocycles. The Morgan fingerprint density at radius 2 is 1.80 bits per heavy atom. The minimum absolute atomic E-state index is 0.0780. The molecule has 0 N–H and O–H groups in total. The zero-order valence-electron chi connectivity index (χ0n) is 20.3. The van der Waals surface area contributed by atoms with E-state index in [1.165, 1.54) is 23.0 Å². The van der Waals surface area contributed by atoms with Crippen LogP contribution in [0.2, 0.25) is 0 Å². The van der Waals surface area contributed by atoms with Gasteiger partial charge >= 0.3 is 5.63 Å². The van der Waals surface area contributed by atoms with E-state index in [1.807, 2.05) is 12.1 Å². The summed E-state index contributed by atoms with van der Waals surface area (Å²) in [6.07, 6.45) is 1.49. The Labute approximate surface area is 223 Å². The molecule has 0 amide bonds. The van der Waals surface area contributed by atoms with Crippen molar-refractivity contribution in [3.05, 3.63) is 110 Å². The summed E-state index contributed by atoms with van der Waals surface area (Å²) in [6, 6.07) is 18.4. The Kier molecular flexibility index (Phi) is 4.50. The standard InChI is InChI=1S/C28H15N5O7/c34-28-22-21(14-5-8-16(9-6-14)33(35)36)23-26-30-25(15-7-10-19-20(11-15)38-13-37-19)31-32(26)12-29-27(23)40-24(22)17-3-1-2-4-18(17)39-28/h1-12,21H,13H2. The molecule has 0 saturated carbocycles. The summed E-state index contributed by atoms with van der Waals surface area (Å²) in [5.74, 6) is 1.41. The number of fused-ring (bicyclic) bond motifs is 7. The summed E-state index contributed by atoms with van der Waals surface area (Å²) >= 11 is 0. The fourth-order valence-electron chi connectivity index (χ4n) is 5.21. The van der Waals surface area contributed by atoms with Crippen molar-refractivity contribution < 1.29 is 23.6 Å². The second-order valence-corrected chi connectivity index (χ2v) is 9.25. The molecule has 0 radical (unpaired) electrons. The fourth-order valence-corrected chi connectivity index (χ4v) is 5.21. The number of hydrogen-bond acceptors (Lipinski definition) is 10. The number of hydrogen-bond donors (Lipinski definition) is 0. The first-order valence-electron chi connectivity index (χ1n) is 12.2. The number of non-ortho nitro benzene ring substituents is 1. The molecule has 12 heteroatoms. The van der Waals surface area contributed by atoms with Crippen molar-refractivity contribution in [3.63, 3.8) is 0 Å². The van der Waals surface area contributed by atoms with E-state index in [-0.39, 0.29) is 23.9 Å².